The van der Waals surface area contributed by atoms with E-state index in [4.69, 9.17) is 4.74 Å². The molecule has 2 aromatic carbocycles. The van der Waals surface area contributed by atoms with Crippen molar-refractivity contribution in [3.63, 3.8) is 0 Å². The van der Waals surface area contributed by atoms with Crippen LogP contribution < -0.4 is 0 Å². The van der Waals surface area contributed by atoms with Gasteiger partial charge in [0.15, 0.2) is 0 Å². The van der Waals surface area contributed by atoms with E-state index in [1.807, 2.05) is 35.2 Å². The number of nitrogens with zero attached hydrogens (tertiary/aromatic N) is 1. The van der Waals surface area contributed by atoms with Crippen molar-refractivity contribution < 1.29 is 9.53 Å². The minimum atomic E-state index is -0.181. The maximum absolute atomic E-state index is 12.7. The molecule has 0 aliphatic carbocycles. The molecule has 2 aromatic rings. The van der Waals surface area contributed by atoms with E-state index in [0.29, 0.717) is 6.61 Å². The first-order valence-electron chi connectivity index (χ1n) is 9.81. The van der Waals surface area contributed by atoms with E-state index in [9.17, 15) is 4.79 Å². The van der Waals surface area contributed by atoms with Crippen LogP contribution in [0.1, 0.15) is 47.1 Å². The van der Waals surface area contributed by atoms with Gasteiger partial charge >= 0.3 is 6.09 Å². The molecular formula is C24H27NO2. The molecule has 0 aromatic heterocycles. The number of rotatable bonds is 3. The van der Waals surface area contributed by atoms with Crippen LogP contribution >= 0.6 is 0 Å². The highest BCUT2D eigenvalue weighted by molar-refractivity contribution is 5.77. The lowest BCUT2D eigenvalue weighted by atomic mass is 9.88. The van der Waals surface area contributed by atoms with Gasteiger partial charge in [0.05, 0.1) is 6.04 Å². The molecule has 0 spiro atoms. The van der Waals surface area contributed by atoms with Crippen LogP contribution in [-0.2, 0) is 11.3 Å². The third-order valence-electron chi connectivity index (χ3n) is 5.81. The number of ether oxygens (including phenoxy) is 1. The fourth-order valence-corrected chi connectivity index (χ4v) is 4.78. The molecule has 140 valence electrons. The summed E-state index contributed by atoms with van der Waals surface area (Å²) in [5.41, 5.74) is 7.76. The zero-order chi connectivity index (χ0) is 19.0. The van der Waals surface area contributed by atoms with Gasteiger partial charge in [-0.05, 0) is 67.9 Å². The van der Waals surface area contributed by atoms with Gasteiger partial charge in [-0.3, -0.25) is 4.90 Å². The Morgan fingerprint density at radius 3 is 2.44 bits per heavy atom. The third kappa shape index (κ3) is 3.51. The quantitative estimate of drug-likeness (QED) is 0.715. The minimum Gasteiger partial charge on any atom is -0.445 e. The molecule has 2 unspecified atom stereocenters. The number of carbonyl (C=O) groups is 1. The van der Waals surface area contributed by atoms with E-state index in [1.54, 1.807) is 0 Å². The number of carbonyl (C=O) groups excluding carboxylic acids is 1. The van der Waals surface area contributed by atoms with Crippen LogP contribution in [0, 0.1) is 20.8 Å². The summed E-state index contributed by atoms with van der Waals surface area (Å²) >= 11 is 0. The molecule has 1 fully saturated rings. The number of hydrogen-bond donors (Lipinski definition) is 0. The summed E-state index contributed by atoms with van der Waals surface area (Å²) < 4.78 is 5.61. The molecule has 2 aliphatic rings. The molecule has 0 N–H and O–H groups in total. The van der Waals surface area contributed by atoms with E-state index in [2.05, 4.69) is 39.0 Å². The smallest absolute Gasteiger partial charge is 0.410 e. The largest absolute Gasteiger partial charge is 0.445 e. The van der Waals surface area contributed by atoms with E-state index in [0.717, 1.165) is 24.8 Å². The van der Waals surface area contributed by atoms with Gasteiger partial charge in [0.1, 0.15) is 6.61 Å². The Kier molecular flexibility index (Phi) is 4.77. The molecule has 0 saturated carbocycles. The van der Waals surface area contributed by atoms with Gasteiger partial charge < -0.3 is 4.74 Å². The molecular weight excluding hydrogens is 334 g/mol. The second kappa shape index (κ2) is 7.22. The average molecular weight is 361 g/mol. The van der Waals surface area contributed by atoms with Crippen LogP contribution in [-0.4, -0.2) is 23.1 Å². The lowest BCUT2D eigenvalue weighted by Crippen LogP contribution is -2.43. The Balaban J connectivity index is 1.52. The Bertz CT molecular complexity index is 862. The average Bonchev–Trinajstić information content (AvgIpc) is 2.90. The SMILES string of the molecule is Cc1cc(C)c(C2=CC3CCC(C2)N3C(=O)OCc2ccccc2)c(C)c1. The summed E-state index contributed by atoms with van der Waals surface area (Å²) in [7, 11) is 0. The second-order valence-corrected chi connectivity index (χ2v) is 7.92. The van der Waals surface area contributed by atoms with Gasteiger partial charge in [0.2, 0.25) is 0 Å². The maximum Gasteiger partial charge on any atom is 0.410 e. The molecule has 2 atom stereocenters. The second-order valence-electron chi connectivity index (χ2n) is 7.92. The molecule has 0 radical (unpaired) electrons. The molecule has 27 heavy (non-hydrogen) atoms. The van der Waals surface area contributed by atoms with Crippen molar-refractivity contribution in [2.75, 3.05) is 0 Å². The molecule has 4 rings (SSSR count). The fourth-order valence-electron chi connectivity index (χ4n) is 4.78. The first-order valence-corrected chi connectivity index (χ1v) is 9.81. The summed E-state index contributed by atoms with van der Waals surface area (Å²) in [6.45, 7) is 6.87. The predicted molar refractivity (Wildman–Crippen MR) is 109 cm³/mol. The number of hydrogen-bond acceptors (Lipinski definition) is 2. The van der Waals surface area contributed by atoms with Crippen molar-refractivity contribution in [3.05, 3.63) is 76.4 Å². The van der Waals surface area contributed by atoms with Crippen molar-refractivity contribution in [2.24, 2.45) is 0 Å². The molecule has 2 aliphatic heterocycles. The fraction of sp³-hybridized carbons (Fsp3) is 0.375. The summed E-state index contributed by atoms with van der Waals surface area (Å²) in [5.74, 6) is 0. The summed E-state index contributed by atoms with van der Waals surface area (Å²) in [6, 6.07) is 14.8. The zero-order valence-electron chi connectivity index (χ0n) is 16.4. The van der Waals surface area contributed by atoms with Gasteiger partial charge in [-0.25, -0.2) is 4.79 Å². The lowest BCUT2D eigenvalue weighted by Gasteiger charge is -2.34. The number of benzene rings is 2. The van der Waals surface area contributed by atoms with Crippen LogP contribution in [0.3, 0.4) is 0 Å². The van der Waals surface area contributed by atoms with E-state index >= 15 is 0 Å². The van der Waals surface area contributed by atoms with E-state index in [1.165, 1.54) is 27.8 Å². The molecule has 3 nitrogen and oxygen atoms in total. The molecule has 1 amide bonds. The normalized spacial score (nSPS) is 21.1. The third-order valence-corrected chi connectivity index (χ3v) is 5.81. The Hall–Kier alpha value is -2.55. The van der Waals surface area contributed by atoms with Crippen LogP contribution in [0.2, 0.25) is 0 Å². The van der Waals surface area contributed by atoms with Crippen molar-refractivity contribution in [1.29, 1.82) is 0 Å². The van der Waals surface area contributed by atoms with Crippen molar-refractivity contribution >= 4 is 11.7 Å². The number of aryl methyl sites for hydroxylation is 3. The first-order chi connectivity index (χ1) is 13.0. The Morgan fingerprint density at radius 2 is 1.78 bits per heavy atom. The standard InChI is InChI=1S/C24H27NO2/c1-16-11-17(2)23(18(3)12-16)20-13-21-9-10-22(14-20)25(21)24(26)27-15-19-7-5-4-6-8-19/h4-8,11-13,21-22H,9-10,14-15H2,1-3H3. The zero-order valence-corrected chi connectivity index (χ0v) is 16.4. The van der Waals surface area contributed by atoms with E-state index in [-0.39, 0.29) is 18.2 Å². The predicted octanol–water partition coefficient (Wildman–Crippen LogP) is 5.57. The minimum absolute atomic E-state index is 0.155. The van der Waals surface area contributed by atoms with Crippen molar-refractivity contribution in [2.45, 2.75) is 58.7 Å². The summed E-state index contributed by atoms with van der Waals surface area (Å²) in [4.78, 5) is 14.7. The Morgan fingerprint density at radius 1 is 1.07 bits per heavy atom. The van der Waals surface area contributed by atoms with Crippen LogP contribution in [0.15, 0.2) is 48.5 Å². The van der Waals surface area contributed by atoms with Crippen LogP contribution in [0.25, 0.3) is 5.57 Å². The van der Waals surface area contributed by atoms with E-state index < -0.39 is 0 Å². The monoisotopic (exact) mass is 361 g/mol. The molecule has 2 heterocycles. The summed E-state index contributed by atoms with van der Waals surface area (Å²) in [6.07, 6.45) is 5.12. The molecule has 3 heteroatoms. The molecule has 1 saturated heterocycles. The van der Waals surface area contributed by atoms with Crippen molar-refractivity contribution in [3.8, 4) is 0 Å². The van der Waals surface area contributed by atoms with Gasteiger partial charge in [-0.15, -0.1) is 0 Å². The molecule has 2 bridgehead atoms. The first kappa shape index (κ1) is 17.8. The van der Waals surface area contributed by atoms with Crippen molar-refractivity contribution in [1.82, 2.24) is 4.90 Å². The maximum atomic E-state index is 12.7. The number of amides is 1. The Labute approximate surface area is 161 Å². The highest BCUT2D eigenvalue weighted by atomic mass is 16.6. The highest BCUT2D eigenvalue weighted by Crippen LogP contribution is 2.40. The van der Waals surface area contributed by atoms with Gasteiger partial charge in [-0.2, -0.15) is 0 Å². The number of fused-ring (bicyclic) bond motifs is 2. The van der Waals surface area contributed by atoms with Crippen LogP contribution in [0.4, 0.5) is 4.79 Å². The summed E-state index contributed by atoms with van der Waals surface area (Å²) in [5, 5.41) is 0. The highest BCUT2D eigenvalue weighted by Gasteiger charge is 2.41. The van der Waals surface area contributed by atoms with Gasteiger partial charge in [0, 0.05) is 6.04 Å². The van der Waals surface area contributed by atoms with Gasteiger partial charge in [-0.1, -0.05) is 54.1 Å². The van der Waals surface area contributed by atoms with Crippen LogP contribution in [0.5, 0.6) is 0 Å². The lowest BCUT2D eigenvalue weighted by molar-refractivity contribution is 0.0832. The topological polar surface area (TPSA) is 29.5 Å². The van der Waals surface area contributed by atoms with Gasteiger partial charge in [0.25, 0.3) is 0 Å².